The first-order valence-corrected chi connectivity index (χ1v) is 6.80. The van der Waals surface area contributed by atoms with Gasteiger partial charge in [-0.3, -0.25) is 4.79 Å². The summed E-state index contributed by atoms with van der Waals surface area (Å²) < 4.78 is 5.49. The average molecular weight is 275 g/mol. The fourth-order valence-corrected chi connectivity index (χ4v) is 2.94. The molecular weight excluding hydrogens is 260 g/mol. The normalized spacial score (nSPS) is 27.6. The van der Waals surface area contributed by atoms with E-state index in [2.05, 4.69) is 5.32 Å². The predicted octanol–water partition coefficient (Wildman–Crippen LogP) is 1.64. The molecule has 0 radical (unpaired) electrons. The fraction of sp³-hybridized carbons (Fsp3) is 0.545. The Balaban J connectivity index is 1.97. The summed E-state index contributed by atoms with van der Waals surface area (Å²) in [7, 11) is 0. The van der Waals surface area contributed by atoms with Crippen LogP contribution >= 0.6 is 22.9 Å². The Bertz CT molecular complexity index is 408. The summed E-state index contributed by atoms with van der Waals surface area (Å²) >= 11 is 7.22. The highest BCUT2D eigenvalue weighted by atomic mass is 35.5. The quantitative estimate of drug-likeness (QED) is 0.877. The van der Waals surface area contributed by atoms with Crippen molar-refractivity contribution in [3.05, 3.63) is 21.3 Å². The van der Waals surface area contributed by atoms with Crippen molar-refractivity contribution in [3.63, 3.8) is 0 Å². The molecule has 0 saturated heterocycles. The van der Waals surface area contributed by atoms with Crippen LogP contribution in [0.2, 0.25) is 5.02 Å². The van der Waals surface area contributed by atoms with Gasteiger partial charge in [0.05, 0.1) is 17.2 Å². The lowest BCUT2D eigenvalue weighted by Crippen LogP contribution is -2.64. The molecule has 3 atom stereocenters. The van der Waals surface area contributed by atoms with E-state index in [0.717, 1.165) is 6.42 Å². The smallest absolute Gasteiger partial charge is 0.263 e. The third-order valence-corrected chi connectivity index (χ3v) is 4.21. The minimum absolute atomic E-state index is 0.0256. The summed E-state index contributed by atoms with van der Waals surface area (Å²) in [4.78, 5) is 12.5. The van der Waals surface area contributed by atoms with Gasteiger partial charge in [-0.05, 0) is 24.8 Å². The Morgan fingerprint density at radius 2 is 2.53 bits per heavy atom. The van der Waals surface area contributed by atoms with E-state index in [0.29, 0.717) is 16.5 Å². The molecule has 94 valence electrons. The van der Waals surface area contributed by atoms with Crippen molar-refractivity contribution in [2.24, 2.45) is 5.73 Å². The van der Waals surface area contributed by atoms with E-state index in [4.69, 9.17) is 22.1 Å². The van der Waals surface area contributed by atoms with E-state index in [1.807, 2.05) is 6.92 Å². The van der Waals surface area contributed by atoms with Crippen LogP contribution in [0.5, 0.6) is 0 Å². The van der Waals surface area contributed by atoms with Crippen molar-refractivity contribution in [2.45, 2.75) is 31.5 Å². The van der Waals surface area contributed by atoms with Crippen LogP contribution in [0, 0.1) is 0 Å². The third-order valence-electron chi connectivity index (χ3n) is 2.87. The maximum atomic E-state index is 11.9. The molecule has 1 saturated carbocycles. The number of hydrogen-bond donors (Lipinski definition) is 2. The molecule has 0 aromatic carbocycles. The fourth-order valence-electron chi connectivity index (χ4n) is 1.90. The number of carbonyl (C=O) groups excluding carboxylic acids is 1. The summed E-state index contributed by atoms with van der Waals surface area (Å²) in [6, 6.07) is 1.57. The number of hydrogen-bond acceptors (Lipinski definition) is 4. The lowest BCUT2D eigenvalue weighted by atomic mass is 9.83. The van der Waals surface area contributed by atoms with Gasteiger partial charge in [0.1, 0.15) is 4.88 Å². The van der Waals surface area contributed by atoms with Crippen molar-refractivity contribution < 1.29 is 9.53 Å². The van der Waals surface area contributed by atoms with Crippen LogP contribution in [0.3, 0.4) is 0 Å². The zero-order chi connectivity index (χ0) is 12.4. The molecule has 6 heteroatoms. The Kier molecular flexibility index (Phi) is 4.04. The van der Waals surface area contributed by atoms with Gasteiger partial charge in [0, 0.05) is 12.6 Å². The van der Waals surface area contributed by atoms with Gasteiger partial charge in [-0.2, -0.15) is 0 Å². The Morgan fingerprint density at radius 3 is 3.06 bits per heavy atom. The molecule has 0 aliphatic heterocycles. The van der Waals surface area contributed by atoms with Crippen LogP contribution in [0.15, 0.2) is 11.4 Å². The molecule has 2 rings (SSSR count). The molecule has 0 bridgehead atoms. The first-order chi connectivity index (χ1) is 8.13. The number of halogens is 1. The summed E-state index contributed by atoms with van der Waals surface area (Å²) in [6.45, 7) is 2.56. The molecule has 1 aromatic rings. The Hall–Kier alpha value is -0.620. The van der Waals surface area contributed by atoms with E-state index in [-0.39, 0.29) is 24.1 Å². The minimum Gasteiger partial charge on any atom is -0.376 e. The van der Waals surface area contributed by atoms with Crippen LogP contribution in [-0.2, 0) is 4.74 Å². The molecule has 1 fully saturated rings. The number of rotatable bonds is 4. The molecule has 3 N–H and O–H groups in total. The first-order valence-electron chi connectivity index (χ1n) is 5.54. The zero-order valence-electron chi connectivity index (χ0n) is 9.48. The monoisotopic (exact) mass is 274 g/mol. The van der Waals surface area contributed by atoms with Gasteiger partial charge in [0.25, 0.3) is 5.91 Å². The van der Waals surface area contributed by atoms with Gasteiger partial charge >= 0.3 is 0 Å². The predicted molar refractivity (Wildman–Crippen MR) is 68.6 cm³/mol. The number of nitrogens with one attached hydrogen (secondary N) is 1. The summed E-state index contributed by atoms with van der Waals surface area (Å²) in [6.07, 6.45) is 0.814. The van der Waals surface area contributed by atoms with Gasteiger partial charge in [-0.25, -0.2) is 0 Å². The molecule has 17 heavy (non-hydrogen) atoms. The van der Waals surface area contributed by atoms with Crippen LogP contribution < -0.4 is 11.1 Å². The Morgan fingerprint density at radius 1 is 1.76 bits per heavy atom. The number of nitrogens with two attached hydrogens (primary N) is 1. The van der Waals surface area contributed by atoms with Gasteiger partial charge in [-0.15, -0.1) is 11.3 Å². The van der Waals surface area contributed by atoms with E-state index in [1.54, 1.807) is 11.4 Å². The van der Waals surface area contributed by atoms with Crippen LogP contribution in [0.4, 0.5) is 0 Å². The summed E-state index contributed by atoms with van der Waals surface area (Å²) in [5.74, 6) is -0.171. The highest BCUT2D eigenvalue weighted by molar-refractivity contribution is 7.12. The zero-order valence-corrected chi connectivity index (χ0v) is 11.1. The number of carbonyl (C=O) groups is 1. The van der Waals surface area contributed by atoms with E-state index < -0.39 is 0 Å². The van der Waals surface area contributed by atoms with Crippen molar-refractivity contribution in [1.82, 2.24) is 5.32 Å². The standard InChI is InChI=1S/C11H15ClN2O2S/c1-2-16-8-5-7(13)9(8)14-11(15)10-6(12)3-4-17-10/h3-4,7-9H,2,5,13H2,1H3,(H,14,15). The molecule has 1 aliphatic rings. The molecule has 3 unspecified atom stereocenters. The van der Waals surface area contributed by atoms with Gasteiger partial charge in [-0.1, -0.05) is 11.6 Å². The summed E-state index contributed by atoms with van der Waals surface area (Å²) in [5.41, 5.74) is 5.86. The van der Waals surface area contributed by atoms with Crippen molar-refractivity contribution in [1.29, 1.82) is 0 Å². The van der Waals surface area contributed by atoms with Gasteiger partial charge < -0.3 is 15.8 Å². The maximum Gasteiger partial charge on any atom is 0.263 e. The number of amides is 1. The first kappa shape index (κ1) is 12.8. The lowest BCUT2D eigenvalue weighted by Gasteiger charge is -2.42. The highest BCUT2D eigenvalue weighted by Gasteiger charge is 2.40. The topological polar surface area (TPSA) is 64.3 Å². The second-order valence-electron chi connectivity index (χ2n) is 3.99. The molecule has 1 heterocycles. The minimum atomic E-state index is -0.171. The van der Waals surface area contributed by atoms with Crippen LogP contribution in [0.25, 0.3) is 0 Å². The molecule has 1 amide bonds. The van der Waals surface area contributed by atoms with Crippen LogP contribution in [0.1, 0.15) is 23.0 Å². The second-order valence-corrected chi connectivity index (χ2v) is 5.31. The third kappa shape index (κ3) is 2.63. The van der Waals surface area contributed by atoms with Gasteiger partial charge in [0.2, 0.25) is 0 Å². The number of thiophene rings is 1. The van der Waals surface area contributed by atoms with Crippen molar-refractivity contribution in [2.75, 3.05) is 6.61 Å². The summed E-state index contributed by atoms with van der Waals surface area (Å²) in [5, 5.41) is 5.15. The van der Waals surface area contributed by atoms with E-state index >= 15 is 0 Å². The highest BCUT2D eigenvalue weighted by Crippen LogP contribution is 2.25. The largest absolute Gasteiger partial charge is 0.376 e. The average Bonchev–Trinajstić information content (AvgIpc) is 2.72. The molecular formula is C11H15ClN2O2S. The van der Waals surface area contributed by atoms with Crippen molar-refractivity contribution >= 4 is 28.8 Å². The maximum absolute atomic E-state index is 11.9. The van der Waals surface area contributed by atoms with Gasteiger partial charge in [0.15, 0.2) is 0 Å². The van der Waals surface area contributed by atoms with E-state index in [9.17, 15) is 4.79 Å². The molecule has 0 spiro atoms. The SMILES string of the molecule is CCOC1CC(N)C1NC(=O)c1sccc1Cl. The lowest BCUT2D eigenvalue weighted by molar-refractivity contribution is -0.0299. The van der Waals surface area contributed by atoms with Crippen molar-refractivity contribution in [3.8, 4) is 0 Å². The molecule has 4 nitrogen and oxygen atoms in total. The Labute approximate surface area is 109 Å². The second kappa shape index (κ2) is 5.35. The molecule has 1 aromatic heterocycles. The van der Waals surface area contributed by atoms with Crippen LogP contribution in [-0.4, -0.2) is 30.7 Å². The van der Waals surface area contributed by atoms with E-state index in [1.165, 1.54) is 11.3 Å². The molecule has 1 aliphatic carbocycles. The number of ether oxygens (including phenoxy) is 1.